The van der Waals surface area contributed by atoms with E-state index in [-0.39, 0.29) is 18.4 Å². The maximum absolute atomic E-state index is 12.5. The summed E-state index contributed by atoms with van der Waals surface area (Å²) >= 11 is 5.93. The topological polar surface area (TPSA) is 77.2 Å². The molecule has 6 nitrogen and oxygen atoms in total. The summed E-state index contributed by atoms with van der Waals surface area (Å²) in [6.07, 6.45) is 2.72. The van der Waals surface area contributed by atoms with Crippen LogP contribution in [0.3, 0.4) is 0 Å². The van der Waals surface area contributed by atoms with Gasteiger partial charge in [-0.2, -0.15) is 0 Å². The minimum absolute atomic E-state index is 0.101. The molecule has 152 valence electrons. The number of hydrogen-bond acceptors (Lipinski definition) is 3. The molecule has 0 aliphatic rings. The number of H-pyrrole nitrogens is 1. The summed E-state index contributed by atoms with van der Waals surface area (Å²) < 4.78 is 0. The van der Waals surface area contributed by atoms with Crippen LogP contribution in [-0.2, 0) is 16.0 Å². The summed E-state index contributed by atoms with van der Waals surface area (Å²) in [5.74, 6) is -0.309. The van der Waals surface area contributed by atoms with Crippen molar-refractivity contribution in [2.24, 2.45) is 0 Å². The molecule has 2 aromatic carbocycles. The number of nitrogens with zero attached hydrogens (tertiary/aromatic N) is 1. The Kier molecular flexibility index (Phi) is 6.90. The summed E-state index contributed by atoms with van der Waals surface area (Å²) in [6.45, 7) is 2.42. The molecule has 2 amide bonds. The van der Waals surface area contributed by atoms with Crippen LogP contribution in [0.15, 0.2) is 54.7 Å². The number of halogens is 1. The number of hydrogen-bond donors (Lipinski definition) is 3. The quantitative estimate of drug-likeness (QED) is 0.530. The minimum atomic E-state index is -0.428. The molecule has 3 aromatic rings. The third kappa shape index (κ3) is 5.59. The molecular weight excluding hydrogens is 388 g/mol. The van der Waals surface area contributed by atoms with Crippen molar-refractivity contribution in [1.29, 1.82) is 0 Å². The van der Waals surface area contributed by atoms with Gasteiger partial charge in [0.15, 0.2) is 0 Å². The number of rotatable bonds is 8. The molecule has 1 unspecified atom stereocenters. The van der Waals surface area contributed by atoms with Crippen LogP contribution in [0, 0.1) is 0 Å². The van der Waals surface area contributed by atoms with Gasteiger partial charge in [-0.05, 0) is 50.2 Å². The van der Waals surface area contributed by atoms with Crippen molar-refractivity contribution in [2.75, 3.05) is 25.5 Å². The summed E-state index contributed by atoms with van der Waals surface area (Å²) in [7, 11) is 1.75. The zero-order valence-corrected chi connectivity index (χ0v) is 17.3. The van der Waals surface area contributed by atoms with E-state index in [0.717, 1.165) is 11.9 Å². The molecule has 0 saturated carbocycles. The van der Waals surface area contributed by atoms with Crippen LogP contribution >= 0.6 is 11.6 Å². The fraction of sp³-hybridized carbons (Fsp3) is 0.273. The second kappa shape index (κ2) is 9.58. The number of aromatic amines is 1. The van der Waals surface area contributed by atoms with E-state index in [9.17, 15) is 9.59 Å². The molecule has 1 aromatic heterocycles. The normalized spacial score (nSPS) is 12.1. The van der Waals surface area contributed by atoms with Crippen LogP contribution < -0.4 is 10.6 Å². The van der Waals surface area contributed by atoms with Gasteiger partial charge in [0.2, 0.25) is 11.8 Å². The average Bonchev–Trinajstić information content (AvgIpc) is 3.10. The van der Waals surface area contributed by atoms with Crippen molar-refractivity contribution in [2.45, 2.75) is 19.4 Å². The van der Waals surface area contributed by atoms with Crippen LogP contribution in [0.5, 0.6) is 0 Å². The second-order valence-corrected chi connectivity index (χ2v) is 7.49. The molecule has 0 spiro atoms. The Morgan fingerprint density at radius 1 is 1.17 bits per heavy atom. The van der Waals surface area contributed by atoms with E-state index in [1.165, 1.54) is 10.9 Å². The van der Waals surface area contributed by atoms with Crippen LogP contribution in [0.25, 0.3) is 10.9 Å². The summed E-state index contributed by atoms with van der Waals surface area (Å²) in [4.78, 5) is 29.6. The monoisotopic (exact) mass is 412 g/mol. The zero-order chi connectivity index (χ0) is 20.8. The zero-order valence-electron chi connectivity index (χ0n) is 16.5. The Bertz CT molecular complexity index is 1000. The van der Waals surface area contributed by atoms with Crippen molar-refractivity contribution in [1.82, 2.24) is 15.2 Å². The number of aromatic nitrogens is 1. The number of benzene rings is 2. The maximum Gasteiger partial charge on any atom is 0.238 e. The number of amides is 2. The number of carbonyl (C=O) groups excluding carboxylic acids is 2. The lowest BCUT2D eigenvalue weighted by Gasteiger charge is -2.23. The molecule has 0 radical (unpaired) electrons. The van der Waals surface area contributed by atoms with Gasteiger partial charge < -0.3 is 15.6 Å². The van der Waals surface area contributed by atoms with Gasteiger partial charge in [0.25, 0.3) is 0 Å². The third-order valence-corrected chi connectivity index (χ3v) is 5.15. The van der Waals surface area contributed by atoms with Gasteiger partial charge in [-0.1, -0.05) is 35.9 Å². The van der Waals surface area contributed by atoms with Crippen molar-refractivity contribution in [3.05, 3.63) is 65.3 Å². The van der Waals surface area contributed by atoms with Crippen molar-refractivity contribution in [3.8, 4) is 0 Å². The number of fused-ring (bicyclic) bond motifs is 1. The Labute approximate surface area is 175 Å². The smallest absolute Gasteiger partial charge is 0.238 e. The molecule has 0 saturated heterocycles. The molecule has 3 rings (SSSR count). The molecule has 1 atom stereocenters. The molecule has 0 aliphatic heterocycles. The van der Waals surface area contributed by atoms with E-state index in [4.69, 9.17) is 11.6 Å². The molecule has 3 N–H and O–H groups in total. The van der Waals surface area contributed by atoms with E-state index in [1.54, 1.807) is 43.1 Å². The van der Waals surface area contributed by atoms with Crippen molar-refractivity contribution in [3.63, 3.8) is 0 Å². The predicted octanol–water partition coefficient (Wildman–Crippen LogP) is 3.44. The number of nitrogens with one attached hydrogen (secondary N) is 3. The predicted molar refractivity (Wildman–Crippen MR) is 117 cm³/mol. The molecule has 1 heterocycles. The van der Waals surface area contributed by atoms with E-state index >= 15 is 0 Å². The lowest BCUT2D eigenvalue weighted by Crippen LogP contribution is -2.46. The van der Waals surface area contributed by atoms with Crippen LogP contribution in [0.4, 0.5) is 5.69 Å². The number of anilines is 1. The Balaban J connectivity index is 1.45. The standard InChI is InChI=1S/C22H25ClN4O2/c1-15(27(2)14-21(28)26-18-7-5-6-17(23)12-18)22(29)24-11-10-16-13-25-20-9-4-3-8-19(16)20/h3-9,12-13,15,25H,10-11,14H2,1-2H3,(H,24,29)(H,26,28). The van der Waals surface area contributed by atoms with Crippen molar-refractivity contribution >= 4 is 40.0 Å². The van der Waals surface area contributed by atoms with Crippen LogP contribution in [0.1, 0.15) is 12.5 Å². The highest BCUT2D eigenvalue weighted by Crippen LogP contribution is 2.18. The lowest BCUT2D eigenvalue weighted by atomic mass is 10.1. The first-order chi connectivity index (χ1) is 13.9. The van der Waals surface area contributed by atoms with Crippen molar-refractivity contribution < 1.29 is 9.59 Å². The van der Waals surface area contributed by atoms with Gasteiger partial charge in [-0.3, -0.25) is 14.5 Å². The van der Waals surface area contributed by atoms with E-state index in [1.807, 2.05) is 24.4 Å². The first-order valence-corrected chi connectivity index (χ1v) is 9.90. The second-order valence-electron chi connectivity index (χ2n) is 7.05. The van der Waals surface area contributed by atoms with Gasteiger partial charge in [0, 0.05) is 34.4 Å². The molecule has 0 fully saturated rings. The number of carbonyl (C=O) groups is 2. The number of para-hydroxylation sites is 1. The average molecular weight is 413 g/mol. The van der Waals surface area contributed by atoms with E-state index in [2.05, 4.69) is 21.7 Å². The molecule has 0 aliphatic carbocycles. The Hall–Kier alpha value is -2.83. The fourth-order valence-corrected chi connectivity index (χ4v) is 3.33. The third-order valence-electron chi connectivity index (χ3n) is 4.91. The first-order valence-electron chi connectivity index (χ1n) is 9.52. The highest BCUT2D eigenvalue weighted by atomic mass is 35.5. The number of likely N-dealkylation sites (N-methyl/N-ethyl adjacent to an activating group) is 1. The summed E-state index contributed by atoms with van der Waals surface area (Å²) in [5, 5.41) is 7.46. The van der Waals surface area contributed by atoms with Gasteiger partial charge in [0.1, 0.15) is 0 Å². The summed E-state index contributed by atoms with van der Waals surface area (Å²) in [6, 6.07) is 14.6. The largest absolute Gasteiger partial charge is 0.361 e. The summed E-state index contributed by atoms with van der Waals surface area (Å²) in [5.41, 5.74) is 2.89. The Morgan fingerprint density at radius 3 is 2.76 bits per heavy atom. The van der Waals surface area contributed by atoms with E-state index in [0.29, 0.717) is 17.3 Å². The Morgan fingerprint density at radius 2 is 1.97 bits per heavy atom. The molecular formula is C22H25ClN4O2. The van der Waals surface area contributed by atoms with Gasteiger partial charge in [0.05, 0.1) is 12.6 Å². The van der Waals surface area contributed by atoms with E-state index < -0.39 is 6.04 Å². The minimum Gasteiger partial charge on any atom is -0.361 e. The van der Waals surface area contributed by atoms with Crippen LogP contribution in [0.2, 0.25) is 5.02 Å². The molecule has 7 heteroatoms. The van der Waals surface area contributed by atoms with Gasteiger partial charge >= 0.3 is 0 Å². The highest BCUT2D eigenvalue weighted by molar-refractivity contribution is 6.30. The maximum atomic E-state index is 12.5. The highest BCUT2D eigenvalue weighted by Gasteiger charge is 2.20. The SMILES string of the molecule is CC(C(=O)NCCc1c[nH]c2ccccc12)N(C)CC(=O)Nc1cccc(Cl)c1. The fourth-order valence-electron chi connectivity index (χ4n) is 3.14. The molecule has 0 bridgehead atoms. The van der Waals surface area contributed by atoms with Gasteiger partial charge in [-0.25, -0.2) is 0 Å². The molecule has 29 heavy (non-hydrogen) atoms. The lowest BCUT2D eigenvalue weighted by molar-refractivity contribution is -0.126. The van der Waals surface area contributed by atoms with Crippen LogP contribution in [-0.4, -0.2) is 47.9 Å². The van der Waals surface area contributed by atoms with Gasteiger partial charge in [-0.15, -0.1) is 0 Å². The first kappa shape index (κ1) is 20.9.